The second kappa shape index (κ2) is 7.40. The van der Waals surface area contributed by atoms with Gasteiger partial charge in [-0.2, -0.15) is 0 Å². The Bertz CT molecular complexity index is 688. The van der Waals surface area contributed by atoms with E-state index in [1.165, 1.54) is 17.8 Å². The van der Waals surface area contributed by atoms with Crippen LogP contribution in [0.5, 0.6) is 0 Å². The van der Waals surface area contributed by atoms with Crippen molar-refractivity contribution in [1.82, 2.24) is 9.97 Å². The van der Waals surface area contributed by atoms with Crippen molar-refractivity contribution in [2.45, 2.75) is 30.9 Å². The van der Waals surface area contributed by atoms with Gasteiger partial charge in [0.2, 0.25) is 0 Å². The number of halogens is 2. The van der Waals surface area contributed by atoms with Gasteiger partial charge >= 0.3 is 0 Å². The van der Waals surface area contributed by atoms with Crippen molar-refractivity contribution in [3.8, 4) is 0 Å². The van der Waals surface area contributed by atoms with E-state index in [4.69, 9.17) is 0 Å². The SMILES string of the molecule is CC(C)Cc1nc(CSc2ccccc2F)[nH]c(=O)c1I. The molecule has 3 nitrogen and oxygen atoms in total. The lowest BCUT2D eigenvalue weighted by molar-refractivity contribution is 0.602. The summed E-state index contributed by atoms with van der Waals surface area (Å²) in [5.41, 5.74) is 0.698. The monoisotopic (exact) mass is 418 g/mol. The highest BCUT2D eigenvalue weighted by Crippen LogP contribution is 2.24. The number of aromatic nitrogens is 2. The number of benzene rings is 1. The van der Waals surface area contributed by atoms with Gasteiger partial charge in [-0.3, -0.25) is 4.79 Å². The molecule has 1 N–H and O–H groups in total. The molecule has 0 saturated heterocycles. The van der Waals surface area contributed by atoms with Gasteiger partial charge in [0.25, 0.3) is 5.56 Å². The Hall–Kier alpha value is -0.890. The number of rotatable bonds is 5. The zero-order valence-corrected chi connectivity index (χ0v) is 14.8. The highest BCUT2D eigenvalue weighted by Gasteiger charge is 2.11. The van der Waals surface area contributed by atoms with E-state index in [1.54, 1.807) is 18.2 Å². The zero-order valence-electron chi connectivity index (χ0n) is 11.8. The molecule has 0 unspecified atom stereocenters. The minimum atomic E-state index is -0.252. The number of hydrogen-bond acceptors (Lipinski definition) is 3. The van der Waals surface area contributed by atoms with Crippen molar-refractivity contribution >= 4 is 34.4 Å². The topological polar surface area (TPSA) is 45.8 Å². The second-order valence-electron chi connectivity index (χ2n) is 5.09. The normalized spacial score (nSPS) is 11.1. The largest absolute Gasteiger partial charge is 0.309 e. The molecule has 0 amide bonds. The highest BCUT2D eigenvalue weighted by atomic mass is 127. The van der Waals surface area contributed by atoms with Crippen LogP contribution in [-0.4, -0.2) is 9.97 Å². The van der Waals surface area contributed by atoms with Crippen molar-refractivity contribution in [2.75, 3.05) is 0 Å². The van der Waals surface area contributed by atoms with Crippen molar-refractivity contribution in [3.05, 3.63) is 55.5 Å². The van der Waals surface area contributed by atoms with Gasteiger partial charge in [-0.15, -0.1) is 11.8 Å². The molecule has 1 aromatic carbocycles. The average Bonchev–Trinajstić information content (AvgIpc) is 2.42. The van der Waals surface area contributed by atoms with E-state index < -0.39 is 0 Å². The third kappa shape index (κ3) is 4.54. The molecule has 1 heterocycles. The molecule has 2 rings (SSSR count). The van der Waals surface area contributed by atoms with Crippen LogP contribution in [0.25, 0.3) is 0 Å². The summed E-state index contributed by atoms with van der Waals surface area (Å²) in [5.74, 6) is 1.21. The number of nitrogens with one attached hydrogen (secondary N) is 1. The van der Waals surface area contributed by atoms with E-state index in [-0.39, 0.29) is 11.4 Å². The van der Waals surface area contributed by atoms with Gasteiger partial charge in [-0.25, -0.2) is 9.37 Å². The lowest BCUT2D eigenvalue weighted by Gasteiger charge is -2.09. The Morgan fingerprint density at radius 3 is 2.76 bits per heavy atom. The van der Waals surface area contributed by atoms with Crippen LogP contribution in [0.15, 0.2) is 34.0 Å². The van der Waals surface area contributed by atoms with Crippen LogP contribution in [0.1, 0.15) is 25.4 Å². The lowest BCUT2D eigenvalue weighted by Crippen LogP contribution is -2.18. The number of thioether (sulfide) groups is 1. The predicted octanol–water partition coefficient (Wildman–Crippen LogP) is 4.00. The maximum absolute atomic E-state index is 13.6. The number of nitrogens with zero attached hydrogens (tertiary/aromatic N) is 1. The highest BCUT2D eigenvalue weighted by molar-refractivity contribution is 14.1. The standard InChI is InChI=1S/C15H16FIN2OS/c1-9(2)7-11-14(17)15(20)19-13(18-11)8-21-12-6-4-3-5-10(12)16/h3-6,9H,7-8H2,1-2H3,(H,18,19,20). The number of aromatic amines is 1. The summed E-state index contributed by atoms with van der Waals surface area (Å²) in [7, 11) is 0. The molecule has 0 fully saturated rings. The predicted molar refractivity (Wildman–Crippen MR) is 92.1 cm³/mol. The maximum atomic E-state index is 13.6. The summed E-state index contributed by atoms with van der Waals surface area (Å²) in [6, 6.07) is 6.60. The molecule has 0 saturated carbocycles. The fourth-order valence-electron chi connectivity index (χ4n) is 1.86. The first-order valence-corrected chi connectivity index (χ1v) is 8.68. The summed E-state index contributed by atoms with van der Waals surface area (Å²) < 4.78 is 14.2. The molecule has 6 heteroatoms. The first-order chi connectivity index (χ1) is 9.97. The van der Waals surface area contributed by atoms with Crippen molar-refractivity contribution in [3.63, 3.8) is 0 Å². The first kappa shape index (κ1) is 16.5. The molecule has 0 aliphatic carbocycles. The van der Waals surface area contributed by atoms with E-state index in [0.717, 1.165) is 12.1 Å². The van der Waals surface area contributed by atoms with Crippen LogP contribution >= 0.6 is 34.4 Å². The second-order valence-corrected chi connectivity index (χ2v) is 7.19. The van der Waals surface area contributed by atoms with Crippen LogP contribution in [0.3, 0.4) is 0 Å². The lowest BCUT2D eigenvalue weighted by atomic mass is 10.1. The van der Waals surface area contributed by atoms with Gasteiger partial charge in [-0.05, 0) is 47.1 Å². The molecular formula is C15H16FIN2OS. The molecule has 0 aliphatic rings. The van der Waals surface area contributed by atoms with E-state index in [1.807, 2.05) is 22.6 Å². The Morgan fingerprint density at radius 2 is 2.10 bits per heavy atom. The minimum absolute atomic E-state index is 0.120. The van der Waals surface area contributed by atoms with Crippen molar-refractivity contribution < 1.29 is 4.39 Å². The minimum Gasteiger partial charge on any atom is -0.309 e. The molecule has 112 valence electrons. The fraction of sp³-hybridized carbons (Fsp3) is 0.333. The van der Waals surface area contributed by atoms with E-state index in [0.29, 0.717) is 26.0 Å². The summed E-state index contributed by atoms with van der Waals surface area (Å²) >= 11 is 3.36. The van der Waals surface area contributed by atoms with Crippen LogP contribution in [0.4, 0.5) is 4.39 Å². The average molecular weight is 418 g/mol. The van der Waals surface area contributed by atoms with Gasteiger partial charge in [-0.1, -0.05) is 26.0 Å². The maximum Gasteiger partial charge on any atom is 0.264 e. The quantitative estimate of drug-likeness (QED) is 0.590. The molecule has 21 heavy (non-hydrogen) atoms. The Kier molecular flexibility index (Phi) is 5.80. The Morgan fingerprint density at radius 1 is 1.38 bits per heavy atom. The molecule has 0 aliphatic heterocycles. The molecule has 0 bridgehead atoms. The first-order valence-electron chi connectivity index (χ1n) is 6.62. The Labute approximate surface area is 140 Å². The summed E-state index contributed by atoms with van der Waals surface area (Å²) in [4.78, 5) is 19.8. The van der Waals surface area contributed by atoms with Gasteiger partial charge in [0.15, 0.2) is 0 Å². The third-order valence-corrected chi connectivity index (χ3v) is 4.96. The van der Waals surface area contributed by atoms with Crippen molar-refractivity contribution in [2.24, 2.45) is 5.92 Å². The third-order valence-electron chi connectivity index (χ3n) is 2.78. The Balaban J connectivity index is 2.19. The molecule has 0 spiro atoms. The van der Waals surface area contributed by atoms with Crippen molar-refractivity contribution in [1.29, 1.82) is 0 Å². The van der Waals surface area contributed by atoms with E-state index in [9.17, 15) is 9.18 Å². The summed E-state index contributed by atoms with van der Waals surface area (Å²) in [6.45, 7) is 4.18. The van der Waals surface area contributed by atoms with E-state index >= 15 is 0 Å². The molecule has 2 aromatic rings. The van der Waals surface area contributed by atoms with Gasteiger partial charge in [0.1, 0.15) is 11.6 Å². The molecule has 0 radical (unpaired) electrons. The van der Waals surface area contributed by atoms with Gasteiger partial charge < -0.3 is 4.98 Å². The fourth-order valence-corrected chi connectivity index (χ4v) is 3.14. The summed E-state index contributed by atoms with van der Waals surface area (Å²) in [5, 5.41) is 0. The number of H-pyrrole nitrogens is 1. The number of hydrogen-bond donors (Lipinski definition) is 1. The van der Waals surface area contributed by atoms with Gasteiger partial charge in [0, 0.05) is 4.90 Å². The van der Waals surface area contributed by atoms with Crippen LogP contribution in [0.2, 0.25) is 0 Å². The molecule has 1 aromatic heterocycles. The van der Waals surface area contributed by atoms with Crippen LogP contribution < -0.4 is 5.56 Å². The summed E-state index contributed by atoms with van der Waals surface area (Å²) in [6.07, 6.45) is 0.763. The zero-order chi connectivity index (χ0) is 15.4. The van der Waals surface area contributed by atoms with E-state index in [2.05, 4.69) is 23.8 Å². The molecular weight excluding hydrogens is 402 g/mol. The van der Waals surface area contributed by atoms with Crippen LogP contribution in [0, 0.1) is 15.3 Å². The van der Waals surface area contributed by atoms with Crippen LogP contribution in [-0.2, 0) is 12.2 Å². The smallest absolute Gasteiger partial charge is 0.264 e. The van der Waals surface area contributed by atoms with Gasteiger partial charge in [0.05, 0.1) is 15.0 Å². The molecule has 0 atom stereocenters.